The molecule has 3 N–H and O–H groups in total. The zero-order chi connectivity index (χ0) is 27.1. The van der Waals surface area contributed by atoms with E-state index in [1.54, 1.807) is 0 Å². The van der Waals surface area contributed by atoms with E-state index in [9.17, 15) is 4.79 Å². The second kappa shape index (κ2) is 12.3. The minimum Gasteiger partial charge on any atom is -0.511 e. The molecule has 0 unspecified atom stereocenters. The Kier molecular flexibility index (Phi) is 9.19. The minimum atomic E-state index is -3.13. The lowest BCUT2D eigenvalue weighted by atomic mass is 9.89. The molecule has 37 heavy (non-hydrogen) atoms. The highest BCUT2D eigenvalue weighted by Gasteiger charge is 2.23. The second-order valence-corrected chi connectivity index (χ2v) is 8.89. The van der Waals surface area contributed by atoms with Crippen LogP contribution in [0.1, 0.15) is 42.3 Å². The molecule has 0 atom stereocenters. The normalized spacial score (nSPS) is 11.2. The summed E-state index contributed by atoms with van der Waals surface area (Å²) < 4.78 is 20.5. The smallest absolute Gasteiger partial charge is 0.511 e. The summed E-state index contributed by atoms with van der Waals surface area (Å²) in [7, 11) is -3.13. The third kappa shape index (κ3) is 6.24. The van der Waals surface area contributed by atoms with Crippen LogP contribution in [-0.4, -0.2) is 44.4 Å². The van der Waals surface area contributed by atoms with Gasteiger partial charge in [0.25, 0.3) is 0 Å². The van der Waals surface area contributed by atoms with E-state index >= 15 is 0 Å². The van der Waals surface area contributed by atoms with Crippen molar-refractivity contribution < 1.29 is 28.0 Å². The van der Waals surface area contributed by atoms with Gasteiger partial charge in [-0.05, 0) is 69.5 Å². The summed E-state index contributed by atoms with van der Waals surface area (Å²) >= 11 is 0. The highest BCUT2D eigenvalue weighted by molar-refractivity contribution is 6.22. The average molecular weight is 521 g/mol. The highest BCUT2D eigenvalue weighted by atomic mass is 28.3. The van der Waals surface area contributed by atoms with Crippen LogP contribution >= 0.6 is 0 Å². The van der Waals surface area contributed by atoms with Crippen LogP contribution in [0.4, 0.5) is 5.69 Å². The standard InChI is InChI=1S/C28H30N2O3.H2O3Si/c1-6-29-23-15-25-21(13-17(23)4)27(19-11-9-10-12-20(19)28(31)32-8-3)22-14-18(5)24(30-7-2)16-26(22)33-25;1-4(2)3/h9-16,29H,6-8H2,1-5H3;1-2H. The molecule has 194 valence electrons. The minimum absolute atomic E-state index is 0.324. The average Bonchev–Trinajstić information content (AvgIpc) is 2.84. The van der Waals surface area contributed by atoms with Gasteiger partial charge < -0.3 is 24.1 Å². The lowest BCUT2D eigenvalue weighted by Crippen LogP contribution is -2.10. The second-order valence-electron chi connectivity index (χ2n) is 8.33. The SMILES string of the molecule is CCN=c1cc2oc3cc(NCC)c(C)cc3c(-c3ccccc3C(=O)OCC)c-2cc1C.O=[Si](O)O. The van der Waals surface area contributed by atoms with Gasteiger partial charge in [-0.15, -0.1) is 0 Å². The quantitative estimate of drug-likeness (QED) is 0.191. The number of nitrogens with zero attached hydrogens (tertiary/aromatic N) is 1. The zero-order valence-electron chi connectivity index (χ0n) is 21.7. The molecule has 0 saturated carbocycles. The maximum absolute atomic E-state index is 12.9. The molecule has 0 radical (unpaired) electrons. The third-order valence-corrected chi connectivity index (χ3v) is 5.77. The molecule has 8 nitrogen and oxygen atoms in total. The highest BCUT2D eigenvalue weighted by Crippen LogP contribution is 2.43. The van der Waals surface area contributed by atoms with Gasteiger partial charge in [0.05, 0.1) is 17.5 Å². The van der Waals surface area contributed by atoms with Gasteiger partial charge in [-0.2, -0.15) is 0 Å². The molecule has 1 heterocycles. The zero-order valence-corrected chi connectivity index (χ0v) is 22.7. The fourth-order valence-corrected chi connectivity index (χ4v) is 4.29. The summed E-state index contributed by atoms with van der Waals surface area (Å²) in [6.07, 6.45) is 0. The number of anilines is 1. The van der Waals surface area contributed by atoms with Crippen LogP contribution in [0.25, 0.3) is 33.4 Å². The van der Waals surface area contributed by atoms with Crippen molar-refractivity contribution in [2.75, 3.05) is 25.0 Å². The van der Waals surface area contributed by atoms with Crippen molar-refractivity contribution >= 4 is 31.8 Å². The van der Waals surface area contributed by atoms with Crippen molar-refractivity contribution in [2.24, 2.45) is 4.99 Å². The largest absolute Gasteiger partial charge is 0.761 e. The number of nitrogens with one attached hydrogen (secondary N) is 1. The molecular formula is C28H32N2O6Si. The summed E-state index contributed by atoms with van der Waals surface area (Å²) in [6, 6.07) is 15.9. The monoisotopic (exact) mass is 520 g/mol. The van der Waals surface area contributed by atoms with Crippen molar-refractivity contribution in [2.45, 2.75) is 34.6 Å². The van der Waals surface area contributed by atoms with E-state index in [0.29, 0.717) is 18.7 Å². The Morgan fingerprint density at radius 1 is 1.03 bits per heavy atom. The van der Waals surface area contributed by atoms with E-state index in [2.05, 4.69) is 43.2 Å². The van der Waals surface area contributed by atoms with Gasteiger partial charge in [0.1, 0.15) is 11.3 Å². The van der Waals surface area contributed by atoms with Crippen LogP contribution in [0.5, 0.6) is 0 Å². The molecule has 0 aromatic heterocycles. The van der Waals surface area contributed by atoms with Gasteiger partial charge in [-0.25, -0.2) is 4.79 Å². The lowest BCUT2D eigenvalue weighted by Gasteiger charge is -2.19. The van der Waals surface area contributed by atoms with Gasteiger partial charge in [0.15, 0.2) is 0 Å². The number of carbonyl (C=O) groups excluding carboxylic acids is 1. The number of aryl methyl sites for hydroxylation is 2. The van der Waals surface area contributed by atoms with E-state index in [1.165, 1.54) is 0 Å². The fraction of sp³-hybridized carbons (Fsp3) is 0.286. The Morgan fingerprint density at radius 3 is 2.38 bits per heavy atom. The molecule has 1 aliphatic heterocycles. The fourth-order valence-electron chi connectivity index (χ4n) is 4.29. The van der Waals surface area contributed by atoms with Crippen LogP contribution in [0.2, 0.25) is 0 Å². The summed E-state index contributed by atoms with van der Waals surface area (Å²) in [5.74, 6) is 0.408. The predicted molar refractivity (Wildman–Crippen MR) is 145 cm³/mol. The summed E-state index contributed by atoms with van der Waals surface area (Å²) in [5, 5.41) is 5.28. The maximum atomic E-state index is 12.9. The molecule has 0 spiro atoms. The number of hydrogen-bond acceptors (Lipinski definition) is 6. The van der Waals surface area contributed by atoms with E-state index in [1.807, 2.05) is 50.2 Å². The number of rotatable bonds is 6. The molecule has 1 aliphatic carbocycles. The number of ether oxygens (including phenoxy) is 1. The van der Waals surface area contributed by atoms with E-state index in [0.717, 1.165) is 62.1 Å². The predicted octanol–water partition coefficient (Wildman–Crippen LogP) is 4.74. The van der Waals surface area contributed by atoms with E-state index in [4.69, 9.17) is 23.2 Å². The first-order valence-electron chi connectivity index (χ1n) is 12.2. The summed E-state index contributed by atoms with van der Waals surface area (Å²) in [5.41, 5.74) is 7.25. The Labute approximate surface area is 217 Å². The summed E-state index contributed by atoms with van der Waals surface area (Å²) in [4.78, 5) is 31.8. The van der Waals surface area contributed by atoms with Gasteiger partial charge in [-0.1, -0.05) is 18.2 Å². The van der Waals surface area contributed by atoms with Gasteiger partial charge >= 0.3 is 15.1 Å². The molecule has 0 saturated heterocycles. The lowest BCUT2D eigenvalue weighted by molar-refractivity contribution is 0.0527. The topological polar surface area (TPSA) is 121 Å². The molecule has 2 aromatic carbocycles. The van der Waals surface area contributed by atoms with Crippen molar-refractivity contribution in [1.82, 2.24) is 0 Å². The van der Waals surface area contributed by atoms with Crippen LogP contribution in [-0.2, 0) is 9.20 Å². The number of carbonyl (C=O) groups is 1. The summed E-state index contributed by atoms with van der Waals surface area (Å²) in [6.45, 7) is 11.9. The molecule has 0 fully saturated rings. The van der Waals surface area contributed by atoms with Crippen LogP contribution in [0.3, 0.4) is 0 Å². The van der Waals surface area contributed by atoms with Crippen LogP contribution in [0.15, 0.2) is 57.9 Å². The van der Waals surface area contributed by atoms with E-state index in [-0.39, 0.29) is 5.97 Å². The molecule has 2 aromatic rings. The molecular weight excluding hydrogens is 488 g/mol. The number of benzene rings is 3. The van der Waals surface area contributed by atoms with Crippen molar-refractivity contribution in [3.8, 4) is 22.5 Å². The number of hydrogen-bond donors (Lipinski definition) is 3. The molecule has 4 rings (SSSR count). The van der Waals surface area contributed by atoms with Gasteiger partial charge in [0, 0.05) is 47.4 Å². The van der Waals surface area contributed by atoms with Gasteiger partial charge in [0.2, 0.25) is 0 Å². The number of fused-ring (bicyclic) bond motifs is 2. The first kappa shape index (κ1) is 27.6. The first-order chi connectivity index (χ1) is 17.7. The number of esters is 1. The van der Waals surface area contributed by atoms with E-state index < -0.39 is 9.17 Å². The van der Waals surface area contributed by atoms with Crippen molar-refractivity contribution in [3.05, 3.63) is 70.6 Å². The van der Waals surface area contributed by atoms with Gasteiger partial charge in [-0.3, -0.25) is 9.45 Å². The Bertz CT molecular complexity index is 1470. The van der Waals surface area contributed by atoms with Crippen LogP contribution in [0, 0.1) is 13.8 Å². The maximum Gasteiger partial charge on any atom is 0.761 e. The molecule has 0 amide bonds. The Balaban J connectivity index is 0.000000886. The third-order valence-electron chi connectivity index (χ3n) is 5.77. The Hall–Kier alpha value is -3.98. The molecule has 0 bridgehead atoms. The Morgan fingerprint density at radius 2 is 1.73 bits per heavy atom. The first-order valence-corrected chi connectivity index (χ1v) is 13.5. The van der Waals surface area contributed by atoms with Crippen molar-refractivity contribution in [3.63, 3.8) is 0 Å². The van der Waals surface area contributed by atoms with Crippen molar-refractivity contribution in [1.29, 1.82) is 0 Å². The van der Waals surface area contributed by atoms with Crippen LogP contribution < -0.4 is 10.7 Å². The molecule has 9 heteroatoms. The molecule has 2 aliphatic rings.